The SMILES string of the molecule is CC(C)CC(C)(C)CN(CCO)c1ncnc2c1S(=O)(=O)CC2. The van der Waals surface area contributed by atoms with Crippen molar-refractivity contribution in [3.05, 3.63) is 12.0 Å². The summed E-state index contributed by atoms with van der Waals surface area (Å²) in [6.07, 6.45) is 2.87. The van der Waals surface area contributed by atoms with Crippen LogP contribution in [0.2, 0.25) is 0 Å². The lowest BCUT2D eigenvalue weighted by atomic mass is 9.83. The van der Waals surface area contributed by atoms with Gasteiger partial charge in [-0.05, 0) is 17.8 Å². The molecule has 1 aliphatic rings. The number of aromatic nitrogens is 2. The normalized spacial score (nSPS) is 16.6. The van der Waals surface area contributed by atoms with Crippen molar-refractivity contribution in [1.82, 2.24) is 9.97 Å². The number of hydrogen-bond donors (Lipinski definition) is 1. The van der Waals surface area contributed by atoms with E-state index >= 15 is 0 Å². The lowest BCUT2D eigenvalue weighted by Gasteiger charge is -2.35. The molecule has 0 radical (unpaired) electrons. The van der Waals surface area contributed by atoms with Crippen LogP contribution >= 0.6 is 0 Å². The summed E-state index contributed by atoms with van der Waals surface area (Å²) in [5.74, 6) is 1.08. The Balaban J connectivity index is 2.39. The van der Waals surface area contributed by atoms with Crippen molar-refractivity contribution in [3.8, 4) is 0 Å². The fraction of sp³-hybridized carbons (Fsp3) is 0.750. The summed E-state index contributed by atoms with van der Waals surface area (Å²) >= 11 is 0. The van der Waals surface area contributed by atoms with Crippen LogP contribution in [0.4, 0.5) is 5.82 Å². The molecule has 0 saturated carbocycles. The van der Waals surface area contributed by atoms with Gasteiger partial charge in [0.25, 0.3) is 0 Å². The number of fused-ring (bicyclic) bond motifs is 1. The topological polar surface area (TPSA) is 83.4 Å². The molecule has 0 fully saturated rings. The van der Waals surface area contributed by atoms with E-state index in [1.165, 1.54) is 6.33 Å². The highest BCUT2D eigenvalue weighted by Gasteiger charge is 2.34. The van der Waals surface area contributed by atoms with E-state index < -0.39 is 9.84 Å². The molecule has 0 aromatic carbocycles. The Kier molecular flexibility index (Phi) is 5.30. The van der Waals surface area contributed by atoms with Gasteiger partial charge in [-0.15, -0.1) is 0 Å². The van der Waals surface area contributed by atoms with Crippen molar-refractivity contribution in [2.75, 3.05) is 30.3 Å². The molecule has 7 heteroatoms. The van der Waals surface area contributed by atoms with Crippen molar-refractivity contribution in [2.45, 2.75) is 45.4 Å². The van der Waals surface area contributed by atoms with Gasteiger partial charge in [0.15, 0.2) is 15.7 Å². The van der Waals surface area contributed by atoms with E-state index in [0.717, 1.165) is 6.42 Å². The van der Waals surface area contributed by atoms with Crippen LogP contribution in [-0.4, -0.2) is 48.9 Å². The second-order valence-electron chi connectivity index (χ2n) is 7.45. The van der Waals surface area contributed by atoms with Crippen molar-refractivity contribution in [2.24, 2.45) is 11.3 Å². The molecule has 1 aliphatic heterocycles. The summed E-state index contributed by atoms with van der Waals surface area (Å²) < 4.78 is 24.7. The Hall–Kier alpha value is -1.21. The first-order valence-corrected chi connectivity index (χ1v) is 9.74. The third-order valence-electron chi connectivity index (χ3n) is 4.03. The second kappa shape index (κ2) is 6.73. The monoisotopic (exact) mass is 341 g/mol. The smallest absolute Gasteiger partial charge is 0.184 e. The Morgan fingerprint density at radius 1 is 1.35 bits per heavy atom. The molecule has 1 N–H and O–H groups in total. The largest absolute Gasteiger partial charge is 0.395 e. The summed E-state index contributed by atoms with van der Waals surface area (Å²) in [7, 11) is -3.33. The average Bonchev–Trinajstić information content (AvgIpc) is 2.73. The molecule has 2 heterocycles. The Labute approximate surface area is 138 Å². The van der Waals surface area contributed by atoms with E-state index in [-0.39, 0.29) is 22.7 Å². The minimum Gasteiger partial charge on any atom is -0.395 e. The van der Waals surface area contributed by atoms with Crippen molar-refractivity contribution in [1.29, 1.82) is 0 Å². The highest BCUT2D eigenvalue weighted by Crippen LogP contribution is 2.34. The van der Waals surface area contributed by atoms with Crippen molar-refractivity contribution < 1.29 is 13.5 Å². The summed E-state index contributed by atoms with van der Waals surface area (Å²) in [5.41, 5.74) is 0.586. The number of sulfone groups is 1. The molecule has 130 valence electrons. The van der Waals surface area contributed by atoms with Crippen LogP contribution in [0.25, 0.3) is 0 Å². The quantitative estimate of drug-likeness (QED) is 0.812. The number of anilines is 1. The van der Waals surface area contributed by atoms with Gasteiger partial charge in [0.2, 0.25) is 0 Å². The van der Waals surface area contributed by atoms with Crippen LogP contribution in [0.5, 0.6) is 0 Å². The predicted octanol–water partition coefficient (Wildman–Crippen LogP) is 1.68. The molecule has 1 aromatic rings. The van der Waals surface area contributed by atoms with Crippen molar-refractivity contribution >= 4 is 15.7 Å². The fourth-order valence-corrected chi connectivity index (χ4v) is 5.16. The zero-order chi connectivity index (χ0) is 17.3. The number of aliphatic hydroxyl groups excluding tert-OH is 1. The van der Waals surface area contributed by atoms with E-state index in [2.05, 4.69) is 37.7 Å². The Bertz CT molecular complexity index is 657. The lowest BCUT2D eigenvalue weighted by Crippen LogP contribution is -2.38. The van der Waals surface area contributed by atoms with Crippen LogP contribution in [-0.2, 0) is 16.3 Å². The molecule has 1 aromatic heterocycles. The van der Waals surface area contributed by atoms with E-state index in [0.29, 0.717) is 36.9 Å². The lowest BCUT2D eigenvalue weighted by molar-refractivity contribution is 0.266. The number of aliphatic hydroxyl groups is 1. The van der Waals surface area contributed by atoms with Crippen LogP contribution in [0, 0.1) is 11.3 Å². The van der Waals surface area contributed by atoms with Gasteiger partial charge in [-0.1, -0.05) is 27.7 Å². The molecule has 0 saturated heterocycles. The van der Waals surface area contributed by atoms with Gasteiger partial charge in [0, 0.05) is 19.5 Å². The van der Waals surface area contributed by atoms with Crippen LogP contribution < -0.4 is 4.90 Å². The third-order valence-corrected chi connectivity index (χ3v) is 5.81. The Morgan fingerprint density at radius 2 is 2.04 bits per heavy atom. The van der Waals surface area contributed by atoms with Crippen LogP contribution in [0.3, 0.4) is 0 Å². The van der Waals surface area contributed by atoms with E-state index in [1.807, 2.05) is 4.90 Å². The Morgan fingerprint density at radius 3 is 2.65 bits per heavy atom. The van der Waals surface area contributed by atoms with Gasteiger partial charge in [-0.25, -0.2) is 18.4 Å². The summed E-state index contributed by atoms with van der Waals surface area (Å²) in [6, 6.07) is 0. The molecular formula is C16H27N3O3S. The summed E-state index contributed by atoms with van der Waals surface area (Å²) in [6.45, 7) is 9.62. The number of nitrogens with zero attached hydrogens (tertiary/aromatic N) is 3. The van der Waals surface area contributed by atoms with Gasteiger partial charge < -0.3 is 10.0 Å². The van der Waals surface area contributed by atoms with Gasteiger partial charge in [0.1, 0.15) is 11.2 Å². The average molecular weight is 341 g/mol. The van der Waals surface area contributed by atoms with Gasteiger partial charge in [-0.3, -0.25) is 0 Å². The fourth-order valence-electron chi connectivity index (χ4n) is 3.52. The van der Waals surface area contributed by atoms with Gasteiger partial charge >= 0.3 is 0 Å². The predicted molar refractivity (Wildman–Crippen MR) is 90.3 cm³/mol. The molecule has 0 unspecified atom stereocenters. The first kappa shape index (κ1) is 18.1. The molecule has 23 heavy (non-hydrogen) atoms. The summed E-state index contributed by atoms with van der Waals surface area (Å²) in [4.78, 5) is 10.5. The first-order valence-electron chi connectivity index (χ1n) is 8.09. The molecule has 0 amide bonds. The molecular weight excluding hydrogens is 314 g/mol. The zero-order valence-corrected chi connectivity index (χ0v) is 15.2. The minimum atomic E-state index is -3.33. The standard InChI is InChI=1S/C16H27N3O3S/c1-12(2)9-16(3,4)10-19(6-7-20)15-14-13(17-11-18-15)5-8-23(14,21)22/h11-12,20H,5-10H2,1-4H3. The van der Waals surface area contributed by atoms with Gasteiger partial charge in [-0.2, -0.15) is 0 Å². The molecule has 0 spiro atoms. The zero-order valence-electron chi connectivity index (χ0n) is 14.4. The maximum absolute atomic E-state index is 12.4. The molecule has 0 aliphatic carbocycles. The number of hydrogen-bond acceptors (Lipinski definition) is 6. The molecule has 2 rings (SSSR count). The summed E-state index contributed by atoms with van der Waals surface area (Å²) in [5, 5.41) is 9.42. The number of rotatable bonds is 7. The maximum Gasteiger partial charge on any atom is 0.184 e. The highest BCUT2D eigenvalue weighted by molar-refractivity contribution is 7.91. The second-order valence-corrected chi connectivity index (χ2v) is 9.50. The van der Waals surface area contributed by atoms with E-state index in [4.69, 9.17) is 0 Å². The molecule has 0 bridgehead atoms. The van der Waals surface area contributed by atoms with Crippen LogP contribution in [0.1, 0.15) is 39.8 Å². The van der Waals surface area contributed by atoms with E-state index in [1.54, 1.807) is 0 Å². The van der Waals surface area contributed by atoms with Gasteiger partial charge in [0.05, 0.1) is 18.1 Å². The first-order chi connectivity index (χ1) is 10.7. The number of aryl methyl sites for hydroxylation is 1. The maximum atomic E-state index is 12.4. The van der Waals surface area contributed by atoms with Crippen LogP contribution in [0.15, 0.2) is 11.2 Å². The third kappa shape index (κ3) is 4.20. The molecule has 6 nitrogen and oxygen atoms in total. The molecule has 0 atom stereocenters. The highest BCUT2D eigenvalue weighted by atomic mass is 32.2. The van der Waals surface area contributed by atoms with Crippen molar-refractivity contribution in [3.63, 3.8) is 0 Å². The minimum absolute atomic E-state index is 0.0104. The van der Waals surface area contributed by atoms with E-state index in [9.17, 15) is 13.5 Å².